The molecule has 0 unspecified atom stereocenters. The number of carbonyl (C=O) groups is 4. The van der Waals surface area contributed by atoms with Gasteiger partial charge in [-0.3, -0.25) is 24.1 Å². The number of carbonyl (C=O) groups excluding carboxylic acids is 4. The molecule has 0 bridgehead atoms. The van der Waals surface area contributed by atoms with Gasteiger partial charge >= 0.3 is 0 Å². The monoisotopic (exact) mass is 587 g/mol. The molecular formula is C31H26BrNO6. The Morgan fingerprint density at radius 1 is 1.03 bits per heavy atom. The number of halogens is 1. The van der Waals surface area contributed by atoms with Crippen LogP contribution >= 0.6 is 15.9 Å². The Balaban J connectivity index is 1.49. The minimum Gasteiger partial charge on any atom is -0.504 e. The summed E-state index contributed by atoms with van der Waals surface area (Å²) in [4.78, 5) is 55.5. The number of benzene rings is 2. The first kappa shape index (κ1) is 25.5. The quantitative estimate of drug-likeness (QED) is 0.309. The maximum atomic E-state index is 14.0. The van der Waals surface area contributed by atoms with Gasteiger partial charge in [0, 0.05) is 28.7 Å². The predicted octanol–water partition coefficient (Wildman–Crippen LogP) is 4.93. The number of rotatable bonds is 4. The number of methoxy groups -OCH3 is 1. The largest absolute Gasteiger partial charge is 0.504 e. The fourth-order valence-electron chi connectivity index (χ4n) is 6.63. The highest BCUT2D eigenvalue weighted by Gasteiger charge is 2.57. The Bertz CT molecular complexity index is 1550. The van der Waals surface area contributed by atoms with Gasteiger partial charge in [0.15, 0.2) is 23.1 Å². The van der Waals surface area contributed by atoms with Crippen LogP contribution in [-0.2, 0) is 25.6 Å². The predicted molar refractivity (Wildman–Crippen MR) is 148 cm³/mol. The van der Waals surface area contributed by atoms with Gasteiger partial charge in [-0.15, -0.1) is 0 Å². The molecule has 6 rings (SSSR count). The number of amides is 2. The second kappa shape index (κ2) is 9.45. The van der Waals surface area contributed by atoms with Gasteiger partial charge in [0.05, 0.1) is 29.1 Å². The van der Waals surface area contributed by atoms with Crippen molar-refractivity contribution in [1.82, 2.24) is 0 Å². The molecule has 0 aromatic heterocycles. The third kappa shape index (κ3) is 3.76. The van der Waals surface area contributed by atoms with Crippen LogP contribution in [0.25, 0.3) is 0 Å². The number of hydrogen-bond acceptors (Lipinski definition) is 6. The molecule has 1 N–H and O–H groups in total. The molecule has 4 aliphatic rings. The summed E-state index contributed by atoms with van der Waals surface area (Å²) in [5.74, 6) is -3.55. The molecule has 1 fully saturated rings. The number of fused-ring (bicyclic) bond motifs is 3. The van der Waals surface area contributed by atoms with E-state index in [0.717, 1.165) is 17.6 Å². The number of ketones is 2. The van der Waals surface area contributed by atoms with Crippen LogP contribution in [0.2, 0.25) is 0 Å². The summed E-state index contributed by atoms with van der Waals surface area (Å²) in [6.07, 6.45) is 4.54. The number of aryl methyl sites for hydroxylation is 1. The van der Waals surface area contributed by atoms with E-state index in [1.165, 1.54) is 18.1 Å². The molecule has 0 saturated carbocycles. The van der Waals surface area contributed by atoms with E-state index in [9.17, 15) is 24.3 Å². The van der Waals surface area contributed by atoms with E-state index in [2.05, 4.69) is 15.9 Å². The van der Waals surface area contributed by atoms with Gasteiger partial charge in [0.1, 0.15) is 0 Å². The van der Waals surface area contributed by atoms with E-state index < -0.39 is 23.7 Å². The highest BCUT2D eigenvalue weighted by atomic mass is 79.9. The summed E-state index contributed by atoms with van der Waals surface area (Å²) in [5.41, 5.74) is 3.45. The lowest BCUT2D eigenvalue weighted by molar-refractivity contribution is -0.123. The summed E-state index contributed by atoms with van der Waals surface area (Å²) < 4.78 is 5.49. The van der Waals surface area contributed by atoms with Crippen LogP contribution in [0.1, 0.15) is 36.8 Å². The number of phenolic OH excluding ortho intramolecular Hbond substituents is 1. The van der Waals surface area contributed by atoms with Gasteiger partial charge < -0.3 is 9.84 Å². The van der Waals surface area contributed by atoms with Crippen molar-refractivity contribution in [3.05, 3.63) is 86.9 Å². The first-order valence-electron chi connectivity index (χ1n) is 13.0. The molecular weight excluding hydrogens is 562 g/mol. The molecule has 39 heavy (non-hydrogen) atoms. The topological polar surface area (TPSA) is 101 Å². The lowest BCUT2D eigenvalue weighted by Crippen LogP contribution is -2.39. The van der Waals surface area contributed by atoms with Crippen molar-refractivity contribution in [3.63, 3.8) is 0 Å². The summed E-state index contributed by atoms with van der Waals surface area (Å²) in [5, 5.41) is 11.1. The Kier molecular flexibility index (Phi) is 6.18. The van der Waals surface area contributed by atoms with Crippen LogP contribution in [0.4, 0.5) is 5.69 Å². The van der Waals surface area contributed by atoms with Crippen molar-refractivity contribution in [2.24, 2.45) is 17.8 Å². The number of nitrogens with zero attached hydrogens (tertiary/aromatic N) is 1. The molecule has 3 aliphatic carbocycles. The van der Waals surface area contributed by atoms with Gasteiger partial charge in [-0.25, -0.2) is 0 Å². The Hall–Kier alpha value is -3.78. The number of anilines is 1. The van der Waals surface area contributed by atoms with E-state index in [1.54, 1.807) is 30.3 Å². The van der Waals surface area contributed by atoms with E-state index in [0.29, 0.717) is 28.8 Å². The van der Waals surface area contributed by atoms with E-state index >= 15 is 0 Å². The molecule has 4 atom stereocenters. The highest BCUT2D eigenvalue weighted by Crippen LogP contribution is 2.57. The molecule has 8 heteroatoms. The van der Waals surface area contributed by atoms with Crippen LogP contribution in [0, 0.1) is 17.8 Å². The second-order valence-corrected chi connectivity index (χ2v) is 11.2. The van der Waals surface area contributed by atoms with E-state index in [4.69, 9.17) is 4.74 Å². The van der Waals surface area contributed by atoms with Gasteiger partial charge in [-0.2, -0.15) is 0 Å². The zero-order valence-electron chi connectivity index (χ0n) is 21.4. The Labute approximate surface area is 234 Å². The van der Waals surface area contributed by atoms with Crippen LogP contribution in [-0.4, -0.2) is 35.6 Å². The van der Waals surface area contributed by atoms with Crippen LogP contribution < -0.4 is 9.64 Å². The van der Waals surface area contributed by atoms with Gasteiger partial charge in [-0.1, -0.05) is 42.8 Å². The van der Waals surface area contributed by atoms with Crippen molar-refractivity contribution in [2.75, 3.05) is 12.0 Å². The maximum absolute atomic E-state index is 14.0. The molecule has 7 nitrogen and oxygen atoms in total. The summed E-state index contributed by atoms with van der Waals surface area (Å²) in [6, 6.07) is 12.5. The molecule has 1 heterocycles. The standard InChI is InChI=1S/C31H26BrNO6/c1-3-15-7-9-16(10-8-15)33-30(37)19-12-11-17-20(26(19)31(33)38)13-21-27(23(34)14-22(32)28(21)35)25(17)18-5-4-6-24(39-2)29(18)36/h4-11,14,19-20,25-26,36H,3,12-13H2,1-2H3/t19-,20+,25+,26-/m0/s1. The molecule has 2 aromatic rings. The zero-order chi connectivity index (χ0) is 27.6. The van der Waals surface area contributed by atoms with Gasteiger partial charge in [0.25, 0.3) is 0 Å². The molecule has 1 aliphatic heterocycles. The van der Waals surface area contributed by atoms with E-state index in [1.807, 2.05) is 25.1 Å². The molecule has 0 radical (unpaired) electrons. The van der Waals surface area contributed by atoms with Crippen molar-refractivity contribution in [3.8, 4) is 11.5 Å². The number of para-hydroxylation sites is 1. The van der Waals surface area contributed by atoms with Crippen molar-refractivity contribution < 1.29 is 29.0 Å². The number of hydrogen-bond donors (Lipinski definition) is 1. The number of allylic oxidation sites excluding steroid dienone is 6. The minimum absolute atomic E-state index is 0.124. The van der Waals surface area contributed by atoms with Crippen molar-refractivity contribution >= 4 is 45.0 Å². The smallest absolute Gasteiger partial charge is 0.238 e. The highest BCUT2D eigenvalue weighted by molar-refractivity contribution is 9.12. The van der Waals surface area contributed by atoms with Crippen LogP contribution in [0.15, 0.2) is 75.8 Å². The average molecular weight is 588 g/mol. The average Bonchev–Trinajstić information content (AvgIpc) is 3.20. The Morgan fingerprint density at radius 3 is 2.46 bits per heavy atom. The first-order valence-corrected chi connectivity index (χ1v) is 13.8. The summed E-state index contributed by atoms with van der Waals surface area (Å²) in [7, 11) is 1.44. The lowest BCUT2D eigenvalue weighted by atomic mass is 9.59. The fraction of sp³-hybridized carbons (Fsp3) is 0.290. The number of imide groups is 1. The fourth-order valence-corrected chi connectivity index (χ4v) is 7.08. The molecule has 0 spiro atoms. The zero-order valence-corrected chi connectivity index (χ0v) is 23.0. The molecule has 198 valence electrons. The molecule has 2 aromatic carbocycles. The normalized spacial score (nSPS) is 26.2. The number of phenols is 1. The summed E-state index contributed by atoms with van der Waals surface area (Å²) >= 11 is 3.23. The number of aromatic hydroxyl groups is 1. The second-order valence-electron chi connectivity index (χ2n) is 10.3. The van der Waals surface area contributed by atoms with Crippen molar-refractivity contribution in [1.29, 1.82) is 0 Å². The first-order chi connectivity index (χ1) is 18.8. The third-order valence-electron chi connectivity index (χ3n) is 8.50. The SMILES string of the molecule is CCc1ccc(N2C(=O)[C@H]3[C@H](CC=C4[C@H](c5cccc(OC)c5O)C5=C(C[C@H]43)C(=O)C(Br)=CC5=O)C2=O)cc1. The van der Waals surface area contributed by atoms with Crippen LogP contribution in [0.5, 0.6) is 11.5 Å². The number of ether oxygens (including phenoxy) is 1. The third-order valence-corrected chi connectivity index (χ3v) is 9.08. The van der Waals surface area contributed by atoms with Gasteiger partial charge in [0.2, 0.25) is 11.8 Å². The van der Waals surface area contributed by atoms with Crippen LogP contribution in [0.3, 0.4) is 0 Å². The Morgan fingerprint density at radius 2 is 1.77 bits per heavy atom. The number of Topliss-reactive ketones (excluding diaryl/α,β-unsaturated/α-hetero) is 1. The van der Waals surface area contributed by atoms with Crippen molar-refractivity contribution in [2.45, 2.75) is 32.1 Å². The maximum Gasteiger partial charge on any atom is 0.238 e. The minimum atomic E-state index is -0.746. The van der Waals surface area contributed by atoms with Gasteiger partial charge in [-0.05, 0) is 64.9 Å². The van der Waals surface area contributed by atoms with E-state index in [-0.39, 0.29) is 45.8 Å². The molecule has 2 amide bonds. The lowest BCUT2D eigenvalue weighted by Gasteiger charge is -2.42. The molecule has 1 saturated heterocycles. The summed E-state index contributed by atoms with van der Waals surface area (Å²) in [6.45, 7) is 2.04.